The lowest BCUT2D eigenvalue weighted by atomic mass is 10.00. The molecule has 2 heterocycles. The highest BCUT2D eigenvalue weighted by Gasteiger charge is 2.29. The maximum Gasteiger partial charge on any atom is 0.0243 e. The van der Waals surface area contributed by atoms with Crippen molar-refractivity contribution >= 4 is 0 Å². The second kappa shape index (κ2) is 6.17. The van der Waals surface area contributed by atoms with Crippen LogP contribution in [0.1, 0.15) is 33.1 Å². The summed E-state index contributed by atoms with van der Waals surface area (Å²) in [7, 11) is 2.30. The maximum atomic E-state index is 3.48. The molecular formula is C14H29N3. The zero-order valence-electron chi connectivity index (χ0n) is 11.8. The van der Waals surface area contributed by atoms with Gasteiger partial charge in [0, 0.05) is 18.6 Å². The smallest absolute Gasteiger partial charge is 0.0243 e. The van der Waals surface area contributed by atoms with Crippen molar-refractivity contribution in [2.45, 2.75) is 45.2 Å². The molecule has 0 aliphatic carbocycles. The summed E-state index contributed by atoms with van der Waals surface area (Å²) < 4.78 is 0. The number of rotatable bonds is 2. The standard InChI is InChI=1S/C14H29N3/c1-12(2)14-11-17(10-4-9-16(14)3)13-5-7-15-8-6-13/h12-15H,4-11H2,1-3H3. The fraction of sp³-hybridized carbons (Fsp3) is 1.00. The molecule has 2 rings (SSSR count). The van der Waals surface area contributed by atoms with E-state index in [1.807, 2.05) is 0 Å². The Balaban J connectivity index is 1.97. The van der Waals surface area contributed by atoms with Crippen LogP contribution in [0.3, 0.4) is 0 Å². The highest BCUT2D eigenvalue weighted by Crippen LogP contribution is 2.20. The Bertz CT molecular complexity index is 224. The van der Waals surface area contributed by atoms with Crippen molar-refractivity contribution in [3.63, 3.8) is 0 Å². The van der Waals surface area contributed by atoms with Gasteiger partial charge in [0.25, 0.3) is 0 Å². The first-order valence-corrected chi connectivity index (χ1v) is 7.33. The molecule has 0 aromatic heterocycles. The number of hydrogen-bond acceptors (Lipinski definition) is 3. The molecule has 100 valence electrons. The van der Waals surface area contributed by atoms with E-state index in [0.29, 0.717) is 0 Å². The molecule has 0 saturated carbocycles. The average molecular weight is 239 g/mol. The number of likely N-dealkylation sites (N-methyl/N-ethyl adjacent to an activating group) is 1. The van der Waals surface area contributed by atoms with Gasteiger partial charge in [0.05, 0.1) is 0 Å². The fourth-order valence-corrected chi connectivity index (χ4v) is 3.38. The molecule has 2 saturated heterocycles. The quantitative estimate of drug-likeness (QED) is 0.786. The Kier molecular flexibility index (Phi) is 4.83. The van der Waals surface area contributed by atoms with Crippen molar-refractivity contribution in [1.29, 1.82) is 0 Å². The summed E-state index contributed by atoms with van der Waals surface area (Å²) >= 11 is 0. The van der Waals surface area contributed by atoms with Crippen molar-refractivity contribution in [2.24, 2.45) is 5.92 Å². The van der Waals surface area contributed by atoms with Gasteiger partial charge in [0.15, 0.2) is 0 Å². The van der Waals surface area contributed by atoms with Crippen LogP contribution in [0, 0.1) is 5.92 Å². The van der Waals surface area contributed by atoms with Gasteiger partial charge >= 0.3 is 0 Å². The summed E-state index contributed by atoms with van der Waals surface area (Å²) in [5, 5.41) is 3.48. The maximum absolute atomic E-state index is 3.48. The predicted octanol–water partition coefficient (Wildman–Crippen LogP) is 1.40. The Morgan fingerprint density at radius 2 is 1.82 bits per heavy atom. The van der Waals surface area contributed by atoms with E-state index in [-0.39, 0.29) is 0 Å². The van der Waals surface area contributed by atoms with Crippen molar-refractivity contribution in [2.75, 3.05) is 39.8 Å². The zero-order chi connectivity index (χ0) is 12.3. The Labute approximate surface area is 107 Å². The molecule has 0 amide bonds. The van der Waals surface area contributed by atoms with E-state index in [1.165, 1.54) is 52.0 Å². The lowest BCUT2D eigenvalue weighted by Gasteiger charge is -2.37. The average Bonchev–Trinajstić information content (AvgIpc) is 2.52. The minimum Gasteiger partial charge on any atom is -0.317 e. The number of nitrogens with zero attached hydrogens (tertiary/aromatic N) is 2. The van der Waals surface area contributed by atoms with Crippen LogP contribution >= 0.6 is 0 Å². The van der Waals surface area contributed by atoms with Crippen LogP contribution in [-0.2, 0) is 0 Å². The zero-order valence-corrected chi connectivity index (χ0v) is 11.8. The van der Waals surface area contributed by atoms with Crippen molar-refractivity contribution < 1.29 is 0 Å². The molecule has 1 atom stereocenters. The van der Waals surface area contributed by atoms with Crippen LogP contribution in [0.15, 0.2) is 0 Å². The van der Waals surface area contributed by atoms with Crippen molar-refractivity contribution in [3.8, 4) is 0 Å². The minimum absolute atomic E-state index is 0.743. The van der Waals surface area contributed by atoms with E-state index >= 15 is 0 Å². The van der Waals surface area contributed by atoms with Gasteiger partial charge in [0.2, 0.25) is 0 Å². The Hall–Kier alpha value is -0.120. The first-order valence-electron chi connectivity index (χ1n) is 7.33. The van der Waals surface area contributed by atoms with Crippen molar-refractivity contribution in [3.05, 3.63) is 0 Å². The summed E-state index contributed by atoms with van der Waals surface area (Å²) in [5.74, 6) is 0.766. The summed E-state index contributed by atoms with van der Waals surface area (Å²) in [6.07, 6.45) is 4.02. The van der Waals surface area contributed by atoms with Crippen LogP contribution in [0.4, 0.5) is 0 Å². The van der Waals surface area contributed by atoms with E-state index in [9.17, 15) is 0 Å². The normalized spacial score (nSPS) is 30.7. The molecule has 2 fully saturated rings. The lowest BCUT2D eigenvalue weighted by molar-refractivity contribution is 0.121. The van der Waals surface area contributed by atoms with Gasteiger partial charge in [-0.25, -0.2) is 0 Å². The molecule has 1 unspecified atom stereocenters. The lowest BCUT2D eigenvalue weighted by Crippen LogP contribution is -2.48. The SMILES string of the molecule is CC(C)C1CN(C2CCNCC2)CCCN1C. The van der Waals surface area contributed by atoms with Crippen LogP contribution in [0.25, 0.3) is 0 Å². The van der Waals surface area contributed by atoms with E-state index in [4.69, 9.17) is 0 Å². The molecule has 3 nitrogen and oxygen atoms in total. The third-order valence-corrected chi connectivity index (χ3v) is 4.54. The minimum atomic E-state index is 0.743. The largest absolute Gasteiger partial charge is 0.317 e. The molecule has 0 spiro atoms. The number of piperidine rings is 1. The molecule has 1 N–H and O–H groups in total. The summed E-state index contributed by atoms with van der Waals surface area (Å²) in [4.78, 5) is 5.35. The molecule has 17 heavy (non-hydrogen) atoms. The third kappa shape index (κ3) is 3.43. The third-order valence-electron chi connectivity index (χ3n) is 4.54. The van der Waals surface area contributed by atoms with Crippen LogP contribution in [-0.4, -0.2) is 61.7 Å². The van der Waals surface area contributed by atoms with Crippen LogP contribution < -0.4 is 5.32 Å². The monoisotopic (exact) mass is 239 g/mol. The van der Waals surface area contributed by atoms with Crippen LogP contribution in [0.2, 0.25) is 0 Å². The number of nitrogens with one attached hydrogen (secondary N) is 1. The Morgan fingerprint density at radius 3 is 2.47 bits per heavy atom. The molecule has 0 bridgehead atoms. The van der Waals surface area contributed by atoms with Gasteiger partial charge < -0.3 is 10.2 Å². The van der Waals surface area contributed by atoms with Gasteiger partial charge in [-0.15, -0.1) is 0 Å². The summed E-state index contributed by atoms with van der Waals surface area (Å²) in [6.45, 7) is 11.0. The highest BCUT2D eigenvalue weighted by molar-refractivity contribution is 4.85. The molecular weight excluding hydrogens is 210 g/mol. The molecule has 3 heteroatoms. The van der Waals surface area contributed by atoms with Crippen molar-refractivity contribution in [1.82, 2.24) is 15.1 Å². The molecule has 2 aliphatic rings. The second-order valence-electron chi connectivity index (χ2n) is 6.12. The first kappa shape index (κ1) is 13.3. The number of hydrogen-bond donors (Lipinski definition) is 1. The second-order valence-corrected chi connectivity index (χ2v) is 6.12. The Morgan fingerprint density at radius 1 is 1.12 bits per heavy atom. The molecule has 0 aromatic rings. The van der Waals surface area contributed by atoms with E-state index in [0.717, 1.165) is 18.0 Å². The van der Waals surface area contributed by atoms with Gasteiger partial charge in [-0.1, -0.05) is 13.8 Å². The van der Waals surface area contributed by atoms with Crippen LogP contribution in [0.5, 0.6) is 0 Å². The van der Waals surface area contributed by atoms with Gasteiger partial charge in [-0.05, 0) is 58.4 Å². The van der Waals surface area contributed by atoms with E-state index < -0.39 is 0 Å². The van der Waals surface area contributed by atoms with Gasteiger partial charge in [0.1, 0.15) is 0 Å². The fourth-order valence-electron chi connectivity index (χ4n) is 3.38. The van der Waals surface area contributed by atoms with E-state index in [1.54, 1.807) is 0 Å². The summed E-state index contributed by atoms with van der Waals surface area (Å²) in [6, 6.07) is 1.58. The van der Waals surface area contributed by atoms with Gasteiger partial charge in [-0.3, -0.25) is 4.90 Å². The summed E-state index contributed by atoms with van der Waals surface area (Å²) in [5.41, 5.74) is 0. The molecule has 0 aromatic carbocycles. The molecule has 2 aliphatic heterocycles. The predicted molar refractivity (Wildman–Crippen MR) is 73.3 cm³/mol. The van der Waals surface area contributed by atoms with Gasteiger partial charge in [-0.2, -0.15) is 0 Å². The van der Waals surface area contributed by atoms with E-state index in [2.05, 4.69) is 36.0 Å². The highest BCUT2D eigenvalue weighted by atomic mass is 15.2. The first-order chi connectivity index (χ1) is 8.18. The topological polar surface area (TPSA) is 18.5 Å². The molecule has 0 radical (unpaired) electrons.